The number of nitrogens with one attached hydrogen (secondary N) is 1. The van der Waals surface area contributed by atoms with E-state index in [9.17, 15) is 0 Å². The lowest BCUT2D eigenvalue weighted by atomic mass is 10.00. The van der Waals surface area contributed by atoms with Gasteiger partial charge in [0.25, 0.3) is 0 Å². The molecule has 1 atom stereocenters. The molecule has 0 aliphatic heterocycles. The quantitative estimate of drug-likeness (QED) is 0.821. The lowest BCUT2D eigenvalue weighted by Crippen LogP contribution is -2.22. The predicted octanol–water partition coefficient (Wildman–Crippen LogP) is 3.69. The van der Waals surface area contributed by atoms with Gasteiger partial charge in [-0.3, -0.25) is 4.98 Å². The fourth-order valence-electron chi connectivity index (χ4n) is 2.22. The zero-order valence-corrected chi connectivity index (χ0v) is 11.6. The number of rotatable bonds is 5. The van der Waals surface area contributed by atoms with Crippen molar-refractivity contribution in [1.29, 1.82) is 0 Å². The lowest BCUT2D eigenvalue weighted by Gasteiger charge is -2.18. The normalized spacial score (nSPS) is 11.9. The Morgan fingerprint density at radius 2 is 2.11 bits per heavy atom. The zero-order valence-electron chi connectivity index (χ0n) is 11.6. The van der Waals surface area contributed by atoms with Gasteiger partial charge in [0.2, 0.25) is 0 Å². The number of hydrogen-bond acceptors (Lipinski definition) is 2. The van der Waals surface area contributed by atoms with Gasteiger partial charge in [-0.05, 0) is 31.5 Å². The Kier molecular flexibility index (Phi) is 4.94. The SMILES string of the molecule is CC#CCC(NCCC)c1cccc2cccnc12. The van der Waals surface area contributed by atoms with Gasteiger partial charge in [0.15, 0.2) is 0 Å². The van der Waals surface area contributed by atoms with Gasteiger partial charge >= 0.3 is 0 Å². The van der Waals surface area contributed by atoms with E-state index in [1.54, 1.807) is 0 Å². The van der Waals surface area contributed by atoms with Crippen molar-refractivity contribution in [1.82, 2.24) is 10.3 Å². The van der Waals surface area contributed by atoms with E-state index in [-0.39, 0.29) is 6.04 Å². The number of benzene rings is 1. The summed E-state index contributed by atoms with van der Waals surface area (Å²) in [7, 11) is 0. The molecule has 19 heavy (non-hydrogen) atoms. The van der Waals surface area contributed by atoms with Crippen molar-refractivity contribution in [2.24, 2.45) is 0 Å². The van der Waals surface area contributed by atoms with Crippen LogP contribution in [0.5, 0.6) is 0 Å². The Balaban J connectivity index is 2.38. The van der Waals surface area contributed by atoms with Gasteiger partial charge in [-0.15, -0.1) is 11.8 Å². The van der Waals surface area contributed by atoms with Crippen molar-refractivity contribution in [3.05, 3.63) is 42.1 Å². The average Bonchev–Trinajstić information content (AvgIpc) is 2.47. The molecule has 1 unspecified atom stereocenters. The fourth-order valence-corrected chi connectivity index (χ4v) is 2.22. The van der Waals surface area contributed by atoms with Crippen molar-refractivity contribution in [2.45, 2.75) is 32.7 Å². The largest absolute Gasteiger partial charge is 0.309 e. The summed E-state index contributed by atoms with van der Waals surface area (Å²) in [5, 5.41) is 4.76. The number of pyridine rings is 1. The Morgan fingerprint density at radius 3 is 2.89 bits per heavy atom. The molecule has 0 saturated carbocycles. The molecule has 1 aromatic carbocycles. The summed E-state index contributed by atoms with van der Waals surface area (Å²) in [6, 6.07) is 10.7. The molecular formula is C17H20N2. The summed E-state index contributed by atoms with van der Waals surface area (Å²) in [6.45, 7) is 5.06. The molecule has 1 aromatic heterocycles. The summed E-state index contributed by atoms with van der Waals surface area (Å²) in [4.78, 5) is 4.53. The van der Waals surface area contributed by atoms with Gasteiger partial charge in [0, 0.05) is 24.0 Å². The maximum Gasteiger partial charge on any atom is 0.0750 e. The maximum atomic E-state index is 4.53. The standard InChI is InChI=1S/C17H20N2/c1-3-5-11-16(18-12-4-2)15-10-6-8-14-9-7-13-19-17(14)15/h6-10,13,16,18H,4,11-12H2,1-2H3. The van der Waals surface area contributed by atoms with Crippen LogP contribution in [0.15, 0.2) is 36.5 Å². The van der Waals surface area contributed by atoms with E-state index in [1.165, 1.54) is 10.9 Å². The van der Waals surface area contributed by atoms with Crippen LogP contribution >= 0.6 is 0 Å². The number of nitrogens with zero attached hydrogens (tertiary/aromatic N) is 1. The minimum absolute atomic E-state index is 0.256. The van der Waals surface area contributed by atoms with Crippen LogP contribution in [0.4, 0.5) is 0 Å². The third-order valence-corrected chi connectivity index (χ3v) is 3.16. The molecule has 2 rings (SSSR count). The number of aromatic nitrogens is 1. The van der Waals surface area contributed by atoms with Crippen molar-refractivity contribution in [3.8, 4) is 11.8 Å². The third-order valence-electron chi connectivity index (χ3n) is 3.16. The minimum Gasteiger partial charge on any atom is -0.309 e. The van der Waals surface area contributed by atoms with Gasteiger partial charge in [0.05, 0.1) is 5.52 Å². The minimum atomic E-state index is 0.256. The molecule has 0 bridgehead atoms. The molecule has 98 valence electrons. The van der Waals surface area contributed by atoms with Crippen LogP contribution in [0, 0.1) is 11.8 Å². The Hall–Kier alpha value is -1.85. The first kappa shape index (κ1) is 13.6. The zero-order chi connectivity index (χ0) is 13.5. The summed E-state index contributed by atoms with van der Waals surface area (Å²) in [5.41, 5.74) is 2.32. The summed E-state index contributed by atoms with van der Waals surface area (Å²) < 4.78 is 0. The molecule has 0 amide bonds. The molecule has 0 aliphatic carbocycles. The molecule has 0 fully saturated rings. The van der Waals surface area contributed by atoms with Crippen molar-refractivity contribution in [3.63, 3.8) is 0 Å². The first-order valence-electron chi connectivity index (χ1n) is 6.83. The van der Waals surface area contributed by atoms with Gasteiger partial charge in [0.1, 0.15) is 0 Å². The molecular weight excluding hydrogens is 232 g/mol. The highest BCUT2D eigenvalue weighted by Crippen LogP contribution is 2.24. The maximum absolute atomic E-state index is 4.53. The monoisotopic (exact) mass is 252 g/mol. The van der Waals surface area contributed by atoms with Crippen molar-refractivity contribution >= 4 is 10.9 Å². The highest BCUT2D eigenvalue weighted by Gasteiger charge is 2.13. The van der Waals surface area contributed by atoms with Crippen LogP contribution < -0.4 is 5.32 Å². The van der Waals surface area contributed by atoms with E-state index in [1.807, 2.05) is 19.2 Å². The van der Waals surface area contributed by atoms with E-state index < -0.39 is 0 Å². The highest BCUT2D eigenvalue weighted by atomic mass is 14.9. The third kappa shape index (κ3) is 3.33. The van der Waals surface area contributed by atoms with E-state index in [0.29, 0.717) is 0 Å². The molecule has 2 nitrogen and oxygen atoms in total. The fraction of sp³-hybridized carbons (Fsp3) is 0.353. The van der Waals surface area contributed by atoms with Crippen LogP contribution in [0.2, 0.25) is 0 Å². The summed E-state index contributed by atoms with van der Waals surface area (Å²) >= 11 is 0. The van der Waals surface area contributed by atoms with Gasteiger partial charge in [-0.25, -0.2) is 0 Å². The van der Waals surface area contributed by atoms with E-state index in [0.717, 1.165) is 24.9 Å². The van der Waals surface area contributed by atoms with E-state index >= 15 is 0 Å². The summed E-state index contributed by atoms with van der Waals surface area (Å²) in [6.07, 6.45) is 3.80. The van der Waals surface area contributed by atoms with Gasteiger partial charge < -0.3 is 5.32 Å². The second kappa shape index (κ2) is 6.92. The lowest BCUT2D eigenvalue weighted by molar-refractivity contribution is 0.545. The van der Waals surface area contributed by atoms with Crippen molar-refractivity contribution < 1.29 is 0 Å². The smallest absolute Gasteiger partial charge is 0.0750 e. The van der Waals surface area contributed by atoms with Crippen LogP contribution in [0.3, 0.4) is 0 Å². The summed E-state index contributed by atoms with van der Waals surface area (Å²) in [5.74, 6) is 6.16. The van der Waals surface area contributed by atoms with Crippen LogP contribution in [0.25, 0.3) is 10.9 Å². The average molecular weight is 252 g/mol. The Labute approximate surface area is 115 Å². The Morgan fingerprint density at radius 1 is 1.26 bits per heavy atom. The molecule has 0 aliphatic rings. The molecule has 0 saturated heterocycles. The Bertz CT molecular complexity index is 587. The van der Waals surface area contributed by atoms with Crippen molar-refractivity contribution in [2.75, 3.05) is 6.54 Å². The van der Waals surface area contributed by atoms with Crippen LogP contribution in [-0.2, 0) is 0 Å². The number of para-hydroxylation sites is 1. The first-order chi connectivity index (χ1) is 9.36. The van der Waals surface area contributed by atoms with Gasteiger partial charge in [-0.1, -0.05) is 31.2 Å². The second-order valence-electron chi connectivity index (χ2n) is 4.56. The predicted molar refractivity (Wildman–Crippen MR) is 80.8 cm³/mol. The number of fused-ring (bicyclic) bond motifs is 1. The first-order valence-corrected chi connectivity index (χ1v) is 6.83. The molecule has 2 aromatic rings. The molecule has 0 radical (unpaired) electrons. The van der Waals surface area contributed by atoms with Gasteiger partial charge in [-0.2, -0.15) is 0 Å². The number of hydrogen-bond donors (Lipinski definition) is 1. The van der Waals surface area contributed by atoms with E-state index in [2.05, 4.69) is 53.3 Å². The molecule has 1 heterocycles. The second-order valence-corrected chi connectivity index (χ2v) is 4.56. The highest BCUT2D eigenvalue weighted by molar-refractivity contribution is 5.82. The topological polar surface area (TPSA) is 24.9 Å². The van der Waals surface area contributed by atoms with Crippen LogP contribution in [-0.4, -0.2) is 11.5 Å². The molecule has 0 spiro atoms. The van der Waals surface area contributed by atoms with Crippen LogP contribution in [0.1, 0.15) is 38.3 Å². The van der Waals surface area contributed by atoms with E-state index in [4.69, 9.17) is 0 Å². The molecule has 1 N–H and O–H groups in total. The molecule has 2 heteroatoms.